The normalized spacial score (nSPS) is 11.8. The first-order valence-corrected chi connectivity index (χ1v) is 17.2. The quantitative estimate of drug-likeness (QED) is 0.153. The lowest BCUT2D eigenvalue weighted by molar-refractivity contribution is -0.140. The molecule has 46 heavy (non-hydrogen) atoms. The predicted octanol–water partition coefficient (Wildman–Crippen LogP) is 7.02. The van der Waals surface area contributed by atoms with Gasteiger partial charge in [0.05, 0.1) is 27.2 Å². The molecule has 0 aliphatic carbocycles. The van der Waals surface area contributed by atoms with Gasteiger partial charge >= 0.3 is 0 Å². The van der Waals surface area contributed by atoms with Gasteiger partial charge < -0.3 is 15.0 Å². The number of para-hydroxylation sites is 2. The number of hydrogen-bond acceptors (Lipinski definition) is 5. The van der Waals surface area contributed by atoms with Crippen molar-refractivity contribution in [3.05, 3.63) is 123 Å². The number of sulfonamides is 1. The number of carbonyl (C=O) groups is 2. The van der Waals surface area contributed by atoms with E-state index in [1.54, 1.807) is 56.3 Å². The third-order valence-corrected chi connectivity index (χ3v) is 9.84. The Kier molecular flexibility index (Phi) is 12.3. The Balaban J connectivity index is 1.84. The van der Waals surface area contributed by atoms with Crippen LogP contribution in [0.15, 0.2) is 102 Å². The highest BCUT2D eigenvalue weighted by atomic mass is 35.5. The van der Waals surface area contributed by atoms with Crippen molar-refractivity contribution >= 4 is 62.3 Å². The molecule has 1 N–H and O–H groups in total. The second-order valence-corrected chi connectivity index (χ2v) is 13.3. The van der Waals surface area contributed by atoms with Crippen LogP contribution in [0.5, 0.6) is 5.75 Å². The van der Waals surface area contributed by atoms with Gasteiger partial charge in [0.15, 0.2) is 0 Å². The Morgan fingerprint density at radius 2 is 1.50 bits per heavy atom. The Morgan fingerprint density at radius 1 is 0.826 bits per heavy atom. The van der Waals surface area contributed by atoms with Crippen LogP contribution < -0.4 is 14.4 Å². The van der Waals surface area contributed by atoms with Crippen molar-refractivity contribution in [2.24, 2.45) is 0 Å². The fourth-order valence-electron chi connectivity index (χ4n) is 4.87. The monoisotopic (exact) mass is 701 g/mol. The molecule has 4 aromatic rings. The molecule has 0 saturated carbocycles. The number of hydrogen-bond donors (Lipinski definition) is 1. The number of amides is 2. The minimum Gasteiger partial charge on any atom is -0.492 e. The minimum absolute atomic E-state index is 0.0493. The van der Waals surface area contributed by atoms with Crippen molar-refractivity contribution in [1.29, 1.82) is 0 Å². The largest absolute Gasteiger partial charge is 0.492 e. The zero-order valence-electron chi connectivity index (χ0n) is 25.3. The summed E-state index contributed by atoms with van der Waals surface area (Å²) in [7, 11) is -4.33. The van der Waals surface area contributed by atoms with E-state index in [9.17, 15) is 18.0 Å². The van der Waals surface area contributed by atoms with Gasteiger partial charge in [-0.05, 0) is 73.5 Å². The number of halogens is 3. The molecule has 1 atom stereocenters. The summed E-state index contributed by atoms with van der Waals surface area (Å²) in [6.07, 6.45) is 0.180. The SMILES string of the molecule is CCNC(=O)[C@H](Cc1ccccc1)N(Cc1ccc(Cl)c(Cl)c1)C(=O)CN(c1ccccc1OCC)S(=O)(=O)c1ccc(Cl)cc1. The maximum absolute atomic E-state index is 14.5. The summed E-state index contributed by atoms with van der Waals surface area (Å²) in [6.45, 7) is 3.47. The van der Waals surface area contributed by atoms with Gasteiger partial charge in [0.2, 0.25) is 11.8 Å². The summed E-state index contributed by atoms with van der Waals surface area (Å²) in [4.78, 5) is 29.5. The average Bonchev–Trinajstić information content (AvgIpc) is 3.04. The van der Waals surface area contributed by atoms with Crippen LogP contribution in [-0.4, -0.2) is 50.9 Å². The zero-order valence-corrected chi connectivity index (χ0v) is 28.4. The molecule has 0 aliphatic rings. The number of benzene rings is 4. The molecular weight excluding hydrogens is 669 g/mol. The molecule has 0 heterocycles. The highest BCUT2D eigenvalue weighted by Gasteiger charge is 2.35. The molecular formula is C34H34Cl3N3O5S. The molecule has 0 saturated heterocycles. The lowest BCUT2D eigenvalue weighted by atomic mass is 10.0. The van der Waals surface area contributed by atoms with Gasteiger partial charge in [-0.15, -0.1) is 0 Å². The fourth-order valence-corrected chi connectivity index (χ4v) is 6.74. The van der Waals surface area contributed by atoms with Gasteiger partial charge in [0.25, 0.3) is 10.0 Å². The van der Waals surface area contributed by atoms with E-state index < -0.39 is 28.5 Å². The highest BCUT2D eigenvalue weighted by molar-refractivity contribution is 7.92. The first-order chi connectivity index (χ1) is 22.0. The molecule has 0 unspecified atom stereocenters. The van der Waals surface area contributed by atoms with E-state index in [-0.39, 0.29) is 46.8 Å². The van der Waals surface area contributed by atoms with Gasteiger partial charge in [-0.1, -0.05) is 83.3 Å². The van der Waals surface area contributed by atoms with Crippen LogP contribution in [0, 0.1) is 0 Å². The maximum atomic E-state index is 14.5. The van der Waals surface area contributed by atoms with Crippen molar-refractivity contribution in [3.8, 4) is 5.75 Å². The molecule has 0 bridgehead atoms. The van der Waals surface area contributed by atoms with Gasteiger partial charge in [-0.2, -0.15) is 0 Å². The number of nitrogens with zero attached hydrogens (tertiary/aromatic N) is 2. The zero-order chi connectivity index (χ0) is 33.3. The van der Waals surface area contributed by atoms with Gasteiger partial charge in [-0.25, -0.2) is 8.42 Å². The molecule has 4 aromatic carbocycles. The number of anilines is 1. The Morgan fingerprint density at radius 3 is 2.15 bits per heavy atom. The Labute approximate surface area is 284 Å². The van der Waals surface area contributed by atoms with E-state index in [2.05, 4.69) is 5.32 Å². The summed E-state index contributed by atoms with van der Waals surface area (Å²) >= 11 is 18.6. The van der Waals surface area contributed by atoms with Crippen molar-refractivity contribution in [1.82, 2.24) is 10.2 Å². The molecule has 12 heteroatoms. The summed E-state index contributed by atoms with van der Waals surface area (Å²) < 4.78 is 35.3. The van der Waals surface area contributed by atoms with Crippen molar-refractivity contribution in [2.75, 3.05) is 24.0 Å². The average molecular weight is 703 g/mol. The Hall–Kier alpha value is -3.76. The number of carbonyl (C=O) groups excluding carboxylic acids is 2. The van der Waals surface area contributed by atoms with Crippen LogP contribution in [-0.2, 0) is 32.6 Å². The summed E-state index contributed by atoms with van der Waals surface area (Å²) in [6, 6.07) is 25.5. The molecule has 0 aromatic heterocycles. The second-order valence-electron chi connectivity index (χ2n) is 10.2. The van der Waals surface area contributed by atoms with Crippen molar-refractivity contribution < 1.29 is 22.7 Å². The predicted molar refractivity (Wildman–Crippen MR) is 183 cm³/mol. The van der Waals surface area contributed by atoms with E-state index in [1.807, 2.05) is 30.3 Å². The van der Waals surface area contributed by atoms with Gasteiger partial charge in [0, 0.05) is 24.5 Å². The van der Waals surface area contributed by atoms with Crippen LogP contribution in [0.3, 0.4) is 0 Å². The van der Waals surface area contributed by atoms with Crippen LogP contribution in [0.1, 0.15) is 25.0 Å². The third-order valence-electron chi connectivity index (χ3n) is 7.07. The molecule has 4 rings (SSSR count). The van der Waals surface area contributed by atoms with Crippen LogP contribution in [0.2, 0.25) is 15.1 Å². The molecule has 242 valence electrons. The molecule has 2 amide bonds. The van der Waals surface area contributed by atoms with E-state index in [0.29, 0.717) is 22.2 Å². The molecule has 0 fully saturated rings. The van der Waals surface area contributed by atoms with E-state index in [4.69, 9.17) is 39.5 Å². The molecule has 0 aliphatic heterocycles. The van der Waals surface area contributed by atoms with E-state index in [1.165, 1.54) is 29.2 Å². The summed E-state index contributed by atoms with van der Waals surface area (Å²) in [5.41, 5.74) is 1.59. The van der Waals surface area contributed by atoms with Gasteiger partial charge in [0.1, 0.15) is 18.3 Å². The lowest BCUT2D eigenvalue weighted by Gasteiger charge is -2.34. The third kappa shape index (κ3) is 8.73. The molecule has 8 nitrogen and oxygen atoms in total. The van der Waals surface area contributed by atoms with E-state index in [0.717, 1.165) is 9.87 Å². The first kappa shape index (κ1) is 35.1. The molecule has 0 spiro atoms. The van der Waals surface area contributed by atoms with Crippen LogP contribution in [0.25, 0.3) is 0 Å². The smallest absolute Gasteiger partial charge is 0.264 e. The number of nitrogens with one attached hydrogen (secondary N) is 1. The Bertz CT molecular complexity index is 1760. The highest BCUT2D eigenvalue weighted by Crippen LogP contribution is 2.33. The fraction of sp³-hybridized carbons (Fsp3) is 0.235. The summed E-state index contributed by atoms with van der Waals surface area (Å²) in [5, 5.41) is 3.80. The second kappa shape index (κ2) is 16.2. The molecule has 0 radical (unpaired) electrons. The number of ether oxygens (including phenoxy) is 1. The lowest BCUT2D eigenvalue weighted by Crippen LogP contribution is -2.53. The van der Waals surface area contributed by atoms with Crippen LogP contribution in [0.4, 0.5) is 5.69 Å². The van der Waals surface area contributed by atoms with Crippen LogP contribution >= 0.6 is 34.8 Å². The number of likely N-dealkylation sites (N-methyl/N-ethyl adjacent to an activating group) is 1. The minimum atomic E-state index is -4.33. The van der Waals surface area contributed by atoms with Gasteiger partial charge in [-0.3, -0.25) is 13.9 Å². The van der Waals surface area contributed by atoms with Crippen molar-refractivity contribution in [3.63, 3.8) is 0 Å². The van der Waals surface area contributed by atoms with Crippen molar-refractivity contribution in [2.45, 2.75) is 37.8 Å². The standard InChI is InChI=1S/C34H34Cl3N3O5S/c1-3-38-34(42)31(21-24-10-6-5-7-11-24)39(22-25-14-19-28(36)29(37)20-25)33(41)23-40(30-12-8-9-13-32(30)45-4-2)46(43,44)27-17-15-26(35)16-18-27/h5-20,31H,3-4,21-23H2,1-2H3,(H,38,42)/t31-/m0/s1. The maximum Gasteiger partial charge on any atom is 0.264 e. The first-order valence-electron chi connectivity index (χ1n) is 14.6. The van der Waals surface area contributed by atoms with E-state index >= 15 is 0 Å². The topological polar surface area (TPSA) is 96.0 Å². The number of rotatable bonds is 14. The summed E-state index contributed by atoms with van der Waals surface area (Å²) in [5.74, 6) is -0.736.